The molecule has 1 aromatic carbocycles. The first-order valence-corrected chi connectivity index (χ1v) is 10.9. The Labute approximate surface area is 182 Å². The van der Waals surface area contributed by atoms with Gasteiger partial charge in [0.15, 0.2) is 5.78 Å². The van der Waals surface area contributed by atoms with Crippen LogP contribution in [0.15, 0.2) is 40.0 Å². The van der Waals surface area contributed by atoms with Crippen LogP contribution in [0.3, 0.4) is 0 Å². The summed E-state index contributed by atoms with van der Waals surface area (Å²) in [4.78, 5) is 23.2. The van der Waals surface area contributed by atoms with E-state index in [0.29, 0.717) is 17.4 Å². The van der Waals surface area contributed by atoms with Gasteiger partial charge in [-0.1, -0.05) is 31.9 Å². The Morgan fingerprint density at radius 2 is 1.87 bits per heavy atom. The number of carbonyl (C=O) groups is 1. The fourth-order valence-electron chi connectivity index (χ4n) is 4.86. The van der Waals surface area contributed by atoms with E-state index in [2.05, 4.69) is 24.2 Å². The summed E-state index contributed by atoms with van der Waals surface area (Å²) in [5, 5.41) is 4.05. The van der Waals surface area contributed by atoms with E-state index in [9.17, 15) is 4.79 Å². The fourth-order valence-corrected chi connectivity index (χ4v) is 5.03. The van der Waals surface area contributed by atoms with E-state index in [0.717, 1.165) is 55.6 Å². The summed E-state index contributed by atoms with van der Waals surface area (Å²) in [6.07, 6.45) is 7.94. The number of halogens is 1. The molecule has 1 aromatic rings. The minimum Gasteiger partial charge on any atom is -0.369 e. The van der Waals surface area contributed by atoms with Gasteiger partial charge < -0.3 is 16.8 Å². The second kappa shape index (κ2) is 7.61. The van der Waals surface area contributed by atoms with E-state index < -0.39 is 5.66 Å². The van der Waals surface area contributed by atoms with Crippen molar-refractivity contribution in [2.45, 2.75) is 64.5 Å². The van der Waals surface area contributed by atoms with Crippen LogP contribution in [0.5, 0.6) is 0 Å². The Balaban J connectivity index is 1.76. The van der Waals surface area contributed by atoms with Crippen LogP contribution < -0.4 is 21.7 Å². The average Bonchev–Trinajstić information content (AvgIpc) is 2.62. The maximum Gasteiger partial charge on any atom is 0.220 e. The Morgan fingerprint density at radius 3 is 2.57 bits per heavy atom. The molecule has 0 saturated heterocycles. The summed E-state index contributed by atoms with van der Waals surface area (Å²) >= 11 is 6.39. The number of nitrogens with two attached hydrogens (primary N) is 2. The van der Waals surface area contributed by atoms with Gasteiger partial charge in [-0.05, 0) is 55.7 Å². The molecule has 0 radical (unpaired) electrons. The highest BCUT2D eigenvalue weighted by atomic mass is 35.5. The molecule has 160 valence electrons. The standard InChI is InChI=1S/C22H29ClN6O/c1-21(2)12-15(11-16(30)13-21)26-17-7-6-14(23)10-18(17)29-20(25)27-19(24)28-22(29)8-4-3-5-9-22/h6-7,10-11,26H,3-5,8-9,12-13H2,1-2H3,(H4,24,25,27,28). The van der Waals surface area contributed by atoms with Gasteiger partial charge in [0.2, 0.25) is 11.9 Å². The molecule has 5 N–H and O–H groups in total. The smallest absolute Gasteiger partial charge is 0.220 e. The van der Waals surface area contributed by atoms with Gasteiger partial charge in [-0.2, -0.15) is 4.99 Å². The number of aliphatic imine (C=N–C) groups is 2. The molecule has 0 aromatic heterocycles. The first-order valence-electron chi connectivity index (χ1n) is 10.5. The van der Waals surface area contributed by atoms with Crippen molar-refractivity contribution in [2.75, 3.05) is 10.2 Å². The molecule has 1 saturated carbocycles. The average molecular weight is 429 g/mol. The van der Waals surface area contributed by atoms with E-state index in [-0.39, 0.29) is 17.2 Å². The van der Waals surface area contributed by atoms with Gasteiger partial charge in [0, 0.05) is 23.2 Å². The number of anilines is 2. The van der Waals surface area contributed by atoms with Crippen molar-refractivity contribution in [3.05, 3.63) is 35.0 Å². The summed E-state index contributed by atoms with van der Waals surface area (Å²) in [6, 6.07) is 5.61. The number of nitrogens with one attached hydrogen (secondary N) is 1. The molecule has 3 aliphatic rings. The van der Waals surface area contributed by atoms with Gasteiger partial charge in [-0.25, -0.2) is 4.99 Å². The lowest BCUT2D eigenvalue weighted by Crippen LogP contribution is -2.58. The number of carbonyl (C=O) groups excluding carboxylic acids is 1. The SMILES string of the molecule is CC1(C)CC(=O)C=C(Nc2ccc(Cl)cc2N2C(N)=NC(N)=NC23CCCCC3)C1. The van der Waals surface area contributed by atoms with Crippen molar-refractivity contribution in [3.8, 4) is 0 Å². The zero-order valence-electron chi connectivity index (χ0n) is 17.5. The van der Waals surface area contributed by atoms with E-state index in [4.69, 9.17) is 28.1 Å². The normalized spacial score (nSPS) is 23.0. The van der Waals surface area contributed by atoms with Crippen LogP contribution in [-0.4, -0.2) is 23.4 Å². The van der Waals surface area contributed by atoms with Crippen molar-refractivity contribution in [1.82, 2.24) is 0 Å². The highest BCUT2D eigenvalue weighted by Gasteiger charge is 2.43. The molecule has 1 spiro atoms. The monoisotopic (exact) mass is 428 g/mol. The lowest BCUT2D eigenvalue weighted by atomic mass is 9.79. The number of allylic oxidation sites excluding steroid dienone is 2. The third-order valence-corrected chi connectivity index (χ3v) is 6.24. The fraction of sp³-hybridized carbons (Fsp3) is 0.500. The van der Waals surface area contributed by atoms with E-state index in [1.807, 2.05) is 23.1 Å². The van der Waals surface area contributed by atoms with Crippen LogP contribution in [0, 0.1) is 5.41 Å². The molecule has 0 unspecified atom stereocenters. The molecule has 1 fully saturated rings. The largest absolute Gasteiger partial charge is 0.369 e. The zero-order valence-corrected chi connectivity index (χ0v) is 18.3. The Hall–Kier alpha value is -2.54. The summed E-state index contributed by atoms with van der Waals surface area (Å²) in [6.45, 7) is 4.21. The summed E-state index contributed by atoms with van der Waals surface area (Å²) in [5.74, 6) is 0.651. The van der Waals surface area contributed by atoms with Crippen LogP contribution in [0.4, 0.5) is 11.4 Å². The molecule has 1 aliphatic heterocycles. The number of rotatable bonds is 3. The van der Waals surface area contributed by atoms with Crippen LogP contribution in [0.2, 0.25) is 5.02 Å². The van der Waals surface area contributed by atoms with Gasteiger partial charge >= 0.3 is 0 Å². The summed E-state index contributed by atoms with van der Waals surface area (Å²) < 4.78 is 0. The topological polar surface area (TPSA) is 109 Å². The Kier molecular flexibility index (Phi) is 5.26. The quantitative estimate of drug-likeness (QED) is 0.670. The second-order valence-electron chi connectivity index (χ2n) is 9.26. The predicted octanol–water partition coefficient (Wildman–Crippen LogP) is 4.13. The van der Waals surface area contributed by atoms with E-state index in [1.165, 1.54) is 0 Å². The molecule has 7 nitrogen and oxygen atoms in total. The summed E-state index contributed by atoms with van der Waals surface area (Å²) in [7, 11) is 0. The van der Waals surface area contributed by atoms with Crippen LogP contribution >= 0.6 is 11.6 Å². The number of guanidine groups is 2. The molecular weight excluding hydrogens is 400 g/mol. The number of hydrogen-bond donors (Lipinski definition) is 3. The molecule has 0 amide bonds. The number of nitrogens with zero attached hydrogens (tertiary/aromatic N) is 3. The van der Waals surface area contributed by atoms with Crippen molar-refractivity contribution >= 4 is 40.7 Å². The third-order valence-electron chi connectivity index (χ3n) is 6.00. The van der Waals surface area contributed by atoms with Crippen molar-refractivity contribution in [3.63, 3.8) is 0 Å². The van der Waals surface area contributed by atoms with Crippen LogP contribution in [0.25, 0.3) is 0 Å². The van der Waals surface area contributed by atoms with Crippen LogP contribution in [-0.2, 0) is 4.79 Å². The highest BCUT2D eigenvalue weighted by molar-refractivity contribution is 6.31. The molecule has 2 aliphatic carbocycles. The van der Waals surface area contributed by atoms with Crippen molar-refractivity contribution in [2.24, 2.45) is 26.9 Å². The van der Waals surface area contributed by atoms with Gasteiger partial charge in [0.25, 0.3) is 0 Å². The lowest BCUT2D eigenvalue weighted by Gasteiger charge is -2.46. The number of benzene rings is 1. The molecule has 8 heteroatoms. The highest BCUT2D eigenvalue weighted by Crippen LogP contribution is 2.44. The first kappa shape index (κ1) is 20.7. The third kappa shape index (κ3) is 4.03. The summed E-state index contributed by atoms with van der Waals surface area (Å²) in [5.41, 5.74) is 14.2. The number of ketones is 1. The molecule has 1 heterocycles. The number of hydrogen-bond acceptors (Lipinski definition) is 7. The van der Waals surface area contributed by atoms with Gasteiger partial charge in [0.1, 0.15) is 5.66 Å². The van der Waals surface area contributed by atoms with Crippen molar-refractivity contribution in [1.29, 1.82) is 0 Å². The van der Waals surface area contributed by atoms with Crippen LogP contribution in [0.1, 0.15) is 58.8 Å². The van der Waals surface area contributed by atoms with Crippen molar-refractivity contribution < 1.29 is 4.79 Å². The molecule has 0 atom stereocenters. The molecular formula is C22H29ClN6O. The van der Waals surface area contributed by atoms with E-state index >= 15 is 0 Å². The molecule has 4 rings (SSSR count). The minimum atomic E-state index is -0.564. The maximum absolute atomic E-state index is 12.2. The molecule has 30 heavy (non-hydrogen) atoms. The maximum atomic E-state index is 12.2. The van der Waals surface area contributed by atoms with Gasteiger partial charge in [-0.3, -0.25) is 9.69 Å². The molecule has 0 bridgehead atoms. The van der Waals surface area contributed by atoms with Gasteiger partial charge in [0.05, 0.1) is 11.4 Å². The zero-order chi connectivity index (χ0) is 21.5. The predicted molar refractivity (Wildman–Crippen MR) is 123 cm³/mol. The lowest BCUT2D eigenvalue weighted by molar-refractivity contribution is -0.117. The van der Waals surface area contributed by atoms with Gasteiger partial charge in [-0.15, -0.1) is 0 Å². The second-order valence-corrected chi connectivity index (χ2v) is 9.70. The Bertz CT molecular complexity index is 958. The van der Waals surface area contributed by atoms with E-state index in [1.54, 1.807) is 6.08 Å². The minimum absolute atomic E-state index is 0.0876. The first-order chi connectivity index (χ1) is 14.2. The Morgan fingerprint density at radius 1 is 1.13 bits per heavy atom.